The lowest BCUT2D eigenvalue weighted by Crippen LogP contribution is -2.02. The maximum atomic E-state index is 6.15. The molecule has 0 spiro atoms. The monoisotopic (exact) mass is 306 g/mol. The van der Waals surface area contributed by atoms with Crippen LogP contribution in [0, 0.1) is 0 Å². The summed E-state index contributed by atoms with van der Waals surface area (Å²) in [5, 5.41) is 0.649. The standard InChI is InChI=1S/C17H16Cl2O/c18-11-15-16(19)6-3-7-17(15)20-14-9-8-12-4-1-2-5-13(12)10-14/h3,6-10H,1-2,4-5,11H2. The minimum absolute atomic E-state index is 0.347. The molecule has 104 valence electrons. The molecule has 20 heavy (non-hydrogen) atoms. The van der Waals surface area contributed by atoms with Crippen molar-refractivity contribution in [3.05, 3.63) is 58.1 Å². The van der Waals surface area contributed by atoms with Crippen molar-refractivity contribution in [1.82, 2.24) is 0 Å². The minimum Gasteiger partial charge on any atom is -0.457 e. The number of fused-ring (bicyclic) bond motifs is 1. The van der Waals surface area contributed by atoms with E-state index in [1.165, 1.54) is 30.4 Å². The molecule has 0 saturated heterocycles. The molecule has 0 atom stereocenters. The van der Waals surface area contributed by atoms with Gasteiger partial charge in [-0.3, -0.25) is 0 Å². The number of rotatable bonds is 3. The fourth-order valence-electron chi connectivity index (χ4n) is 2.66. The average Bonchev–Trinajstić information content (AvgIpc) is 2.47. The van der Waals surface area contributed by atoms with Crippen LogP contribution in [0.3, 0.4) is 0 Å². The highest BCUT2D eigenvalue weighted by Crippen LogP contribution is 2.33. The molecule has 0 amide bonds. The van der Waals surface area contributed by atoms with Crippen LogP contribution in [-0.4, -0.2) is 0 Å². The summed E-state index contributed by atoms with van der Waals surface area (Å²) >= 11 is 12.1. The lowest BCUT2D eigenvalue weighted by atomic mass is 9.92. The normalized spacial score (nSPS) is 13.9. The zero-order valence-electron chi connectivity index (χ0n) is 11.2. The molecule has 1 nitrogen and oxygen atoms in total. The highest BCUT2D eigenvalue weighted by Gasteiger charge is 2.12. The largest absolute Gasteiger partial charge is 0.457 e. The van der Waals surface area contributed by atoms with E-state index < -0.39 is 0 Å². The Morgan fingerprint density at radius 1 is 1.00 bits per heavy atom. The van der Waals surface area contributed by atoms with Gasteiger partial charge in [-0.2, -0.15) is 0 Å². The molecule has 0 unspecified atom stereocenters. The van der Waals surface area contributed by atoms with Gasteiger partial charge >= 0.3 is 0 Å². The van der Waals surface area contributed by atoms with Gasteiger partial charge in [0, 0.05) is 10.6 Å². The number of ether oxygens (including phenoxy) is 1. The Balaban J connectivity index is 1.90. The van der Waals surface area contributed by atoms with Gasteiger partial charge in [-0.25, -0.2) is 0 Å². The predicted molar refractivity (Wildman–Crippen MR) is 84.2 cm³/mol. The van der Waals surface area contributed by atoms with Gasteiger partial charge in [0.05, 0.1) is 5.88 Å². The molecule has 0 fully saturated rings. The highest BCUT2D eigenvalue weighted by molar-refractivity contribution is 6.32. The van der Waals surface area contributed by atoms with Crippen molar-refractivity contribution >= 4 is 23.2 Å². The van der Waals surface area contributed by atoms with E-state index in [4.69, 9.17) is 27.9 Å². The van der Waals surface area contributed by atoms with Crippen LogP contribution in [0.4, 0.5) is 0 Å². The van der Waals surface area contributed by atoms with E-state index in [0.29, 0.717) is 10.9 Å². The second kappa shape index (κ2) is 6.07. The molecule has 0 aliphatic heterocycles. The molecule has 1 aliphatic carbocycles. The Morgan fingerprint density at radius 3 is 2.60 bits per heavy atom. The van der Waals surface area contributed by atoms with Gasteiger partial charge in [0.2, 0.25) is 0 Å². The Morgan fingerprint density at radius 2 is 1.80 bits per heavy atom. The first-order chi connectivity index (χ1) is 9.78. The van der Waals surface area contributed by atoms with Crippen LogP contribution in [0.1, 0.15) is 29.5 Å². The van der Waals surface area contributed by atoms with Crippen LogP contribution in [0.5, 0.6) is 11.5 Å². The maximum absolute atomic E-state index is 6.15. The molecule has 3 rings (SSSR count). The molecular formula is C17H16Cl2O. The molecule has 1 aliphatic rings. The molecule has 0 N–H and O–H groups in total. The Kier molecular flexibility index (Phi) is 4.18. The van der Waals surface area contributed by atoms with Crippen molar-refractivity contribution in [2.24, 2.45) is 0 Å². The molecular weight excluding hydrogens is 291 g/mol. The molecule has 0 aromatic heterocycles. The lowest BCUT2D eigenvalue weighted by molar-refractivity contribution is 0.476. The fraction of sp³-hybridized carbons (Fsp3) is 0.294. The number of halogens is 2. The molecule has 0 bridgehead atoms. The second-order valence-corrected chi connectivity index (χ2v) is 5.76. The van der Waals surface area contributed by atoms with E-state index in [2.05, 4.69) is 12.1 Å². The topological polar surface area (TPSA) is 9.23 Å². The van der Waals surface area contributed by atoms with E-state index >= 15 is 0 Å². The lowest BCUT2D eigenvalue weighted by Gasteiger charge is -2.17. The van der Waals surface area contributed by atoms with Crippen LogP contribution in [0.15, 0.2) is 36.4 Å². The predicted octanol–water partition coefficient (Wildman–Crippen LogP) is 5.75. The third kappa shape index (κ3) is 2.79. The van der Waals surface area contributed by atoms with Crippen molar-refractivity contribution in [3.8, 4) is 11.5 Å². The first kappa shape index (κ1) is 13.8. The first-order valence-corrected chi connectivity index (χ1v) is 7.82. The van der Waals surface area contributed by atoms with Crippen molar-refractivity contribution in [3.63, 3.8) is 0 Å². The first-order valence-electron chi connectivity index (χ1n) is 6.91. The molecule has 0 heterocycles. The minimum atomic E-state index is 0.347. The molecule has 0 radical (unpaired) electrons. The summed E-state index contributed by atoms with van der Waals surface area (Å²) in [4.78, 5) is 0. The third-order valence-corrected chi connectivity index (χ3v) is 4.38. The van der Waals surface area contributed by atoms with Crippen LogP contribution >= 0.6 is 23.2 Å². The van der Waals surface area contributed by atoms with E-state index in [1.54, 1.807) is 0 Å². The number of hydrogen-bond acceptors (Lipinski definition) is 1. The zero-order valence-corrected chi connectivity index (χ0v) is 12.7. The Labute approximate surface area is 129 Å². The van der Waals surface area contributed by atoms with Crippen molar-refractivity contribution < 1.29 is 4.74 Å². The van der Waals surface area contributed by atoms with Crippen LogP contribution in [0.2, 0.25) is 5.02 Å². The summed E-state index contributed by atoms with van der Waals surface area (Å²) < 4.78 is 5.98. The summed E-state index contributed by atoms with van der Waals surface area (Å²) in [5.41, 5.74) is 3.70. The van der Waals surface area contributed by atoms with Gasteiger partial charge in [0.15, 0.2) is 0 Å². The van der Waals surface area contributed by atoms with Gasteiger partial charge in [-0.15, -0.1) is 11.6 Å². The smallest absolute Gasteiger partial charge is 0.133 e. The SMILES string of the molecule is ClCc1c(Cl)cccc1Oc1ccc2c(c1)CCCC2. The zero-order chi connectivity index (χ0) is 13.9. The van der Waals surface area contributed by atoms with Crippen molar-refractivity contribution in [2.75, 3.05) is 0 Å². The molecule has 2 aromatic rings. The summed E-state index contributed by atoms with van der Waals surface area (Å²) in [7, 11) is 0. The second-order valence-electron chi connectivity index (χ2n) is 5.09. The maximum Gasteiger partial charge on any atom is 0.133 e. The summed E-state index contributed by atoms with van der Waals surface area (Å²) in [6.07, 6.45) is 4.88. The summed E-state index contributed by atoms with van der Waals surface area (Å²) in [6, 6.07) is 12.0. The van der Waals surface area contributed by atoms with E-state index in [0.717, 1.165) is 23.5 Å². The summed E-state index contributed by atoms with van der Waals surface area (Å²) in [5.74, 6) is 1.95. The van der Waals surface area contributed by atoms with Crippen LogP contribution in [-0.2, 0) is 18.7 Å². The number of hydrogen-bond donors (Lipinski definition) is 0. The van der Waals surface area contributed by atoms with Gasteiger partial charge in [0.25, 0.3) is 0 Å². The fourth-order valence-corrected chi connectivity index (χ4v) is 3.24. The van der Waals surface area contributed by atoms with Gasteiger partial charge in [-0.1, -0.05) is 23.7 Å². The molecule has 0 saturated carbocycles. The van der Waals surface area contributed by atoms with E-state index in [1.807, 2.05) is 24.3 Å². The third-order valence-electron chi connectivity index (χ3n) is 3.76. The Hall–Kier alpha value is -1.18. The number of alkyl halides is 1. The van der Waals surface area contributed by atoms with Crippen molar-refractivity contribution in [1.29, 1.82) is 0 Å². The van der Waals surface area contributed by atoms with Crippen LogP contribution in [0.25, 0.3) is 0 Å². The Bertz CT molecular complexity index is 622. The van der Waals surface area contributed by atoms with Crippen molar-refractivity contribution in [2.45, 2.75) is 31.6 Å². The van der Waals surface area contributed by atoms with Gasteiger partial charge in [0.1, 0.15) is 11.5 Å². The van der Waals surface area contributed by atoms with Gasteiger partial charge < -0.3 is 4.74 Å². The molecule has 2 aromatic carbocycles. The quantitative estimate of drug-likeness (QED) is 0.656. The highest BCUT2D eigenvalue weighted by atomic mass is 35.5. The summed E-state index contributed by atoms with van der Waals surface area (Å²) in [6.45, 7) is 0. The number of benzene rings is 2. The molecule has 3 heteroatoms. The number of aryl methyl sites for hydroxylation is 2. The van der Waals surface area contributed by atoms with E-state index in [9.17, 15) is 0 Å². The van der Waals surface area contributed by atoms with Gasteiger partial charge in [-0.05, 0) is 61.1 Å². The average molecular weight is 307 g/mol. The van der Waals surface area contributed by atoms with E-state index in [-0.39, 0.29) is 0 Å². The van der Waals surface area contributed by atoms with Crippen LogP contribution < -0.4 is 4.74 Å².